The highest BCUT2D eigenvalue weighted by Crippen LogP contribution is 2.33. The molecule has 276 valence electrons. The SMILES string of the molecule is CCC=CCC=CCC=CCC=CCCCCC(=O)OCN1C(=O)CCc2ccc(OCCCCN3CCN(c4cccc(Cl)c4Cl)CC3)cc21. The lowest BCUT2D eigenvalue weighted by Crippen LogP contribution is -2.46. The van der Waals surface area contributed by atoms with Crippen LogP contribution in [0.2, 0.25) is 10.0 Å². The Morgan fingerprint density at radius 2 is 1.53 bits per heavy atom. The third kappa shape index (κ3) is 14.2. The van der Waals surface area contributed by atoms with E-state index in [0.717, 1.165) is 113 Å². The molecule has 51 heavy (non-hydrogen) atoms. The van der Waals surface area contributed by atoms with Gasteiger partial charge in [0.05, 0.1) is 28.0 Å². The van der Waals surface area contributed by atoms with Gasteiger partial charge in [-0.15, -0.1) is 0 Å². The van der Waals surface area contributed by atoms with Gasteiger partial charge in [0.25, 0.3) is 0 Å². The summed E-state index contributed by atoms with van der Waals surface area (Å²) < 4.78 is 11.6. The zero-order valence-corrected chi connectivity index (χ0v) is 31.8. The highest BCUT2D eigenvalue weighted by molar-refractivity contribution is 6.43. The number of carbonyl (C=O) groups is 2. The van der Waals surface area contributed by atoms with Gasteiger partial charge in [-0.05, 0) is 94.5 Å². The van der Waals surface area contributed by atoms with Gasteiger partial charge in [-0.2, -0.15) is 0 Å². The number of hydrogen-bond acceptors (Lipinski definition) is 6. The van der Waals surface area contributed by atoms with E-state index in [2.05, 4.69) is 65.3 Å². The van der Waals surface area contributed by atoms with E-state index in [0.29, 0.717) is 35.9 Å². The number of benzene rings is 2. The fourth-order valence-corrected chi connectivity index (χ4v) is 6.58. The number of amides is 1. The maximum absolute atomic E-state index is 12.8. The topological polar surface area (TPSA) is 62.3 Å². The van der Waals surface area contributed by atoms with Crippen molar-refractivity contribution in [3.8, 4) is 5.75 Å². The Morgan fingerprint density at radius 1 is 0.804 bits per heavy atom. The van der Waals surface area contributed by atoms with Gasteiger partial charge in [0.1, 0.15) is 5.75 Å². The van der Waals surface area contributed by atoms with Crippen molar-refractivity contribution >= 4 is 46.5 Å². The average Bonchev–Trinajstić information content (AvgIpc) is 3.14. The maximum Gasteiger partial charge on any atom is 0.307 e. The van der Waals surface area contributed by atoms with Gasteiger partial charge >= 0.3 is 5.97 Å². The van der Waals surface area contributed by atoms with E-state index in [-0.39, 0.29) is 18.6 Å². The van der Waals surface area contributed by atoms with Crippen LogP contribution in [0.5, 0.6) is 5.75 Å². The largest absolute Gasteiger partial charge is 0.494 e. The first-order valence-electron chi connectivity index (χ1n) is 18.7. The zero-order valence-electron chi connectivity index (χ0n) is 30.2. The predicted molar refractivity (Wildman–Crippen MR) is 212 cm³/mol. The molecule has 0 aromatic heterocycles. The van der Waals surface area contributed by atoms with Crippen molar-refractivity contribution in [2.45, 2.75) is 84.0 Å². The van der Waals surface area contributed by atoms with E-state index >= 15 is 0 Å². The molecule has 4 rings (SSSR count). The summed E-state index contributed by atoms with van der Waals surface area (Å²) >= 11 is 12.6. The molecule has 0 spiro atoms. The Kier molecular flexibility index (Phi) is 18.3. The summed E-state index contributed by atoms with van der Waals surface area (Å²) in [6.07, 6.45) is 27.5. The van der Waals surface area contributed by atoms with Gasteiger partial charge in [-0.25, -0.2) is 0 Å². The van der Waals surface area contributed by atoms with E-state index in [4.69, 9.17) is 32.7 Å². The fraction of sp³-hybridized carbons (Fsp3) is 0.476. The van der Waals surface area contributed by atoms with Crippen LogP contribution in [-0.4, -0.2) is 62.8 Å². The molecular weight excluding hydrogens is 681 g/mol. The number of ether oxygens (including phenoxy) is 2. The molecule has 7 nitrogen and oxygen atoms in total. The standard InChI is InChI=1S/C42H55Cl2N3O4/c1-2-3-4-5-6-7-8-9-10-11-12-13-14-15-16-22-41(49)51-34-47-39-33-36(25-23-35(39)24-26-40(47)48)50-32-18-17-27-45-28-30-46(31-29-45)38-21-19-20-37(43)42(38)44/h3-4,6-7,9-10,12-13,19-21,23,25,33H,2,5,8,11,14-18,22,24,26-32,34H2,1H3. The lowest BCUT2D eigenvalue weighted by Gasteiger charge is -2.36. The highest BCUT2D eigenvalue weighted by Gasteiger charge is 2.26. The van der Waals surface area contributed by atoms with E-state index in [1.165, 1.54) is 0 Å². The fourth-order valence-electron chi connectivity index (χ4n) is 6.16. The Labute approximate surface area is 315 Å². The van der Waals surface area contributed by atoms with Crippen LogP contribution in [-0.2, 0) is 20.7 Å². The van der Waals surface area contributed by atoms with Crippen molar-refractivity contribution in [3.05, 3.63) is 101 Å². The van der Waals surface area contributed by atoms with Crippen molar-refractivity contribution in [2.75, 3.05) is 55.9 Å². The summed E-state index contributed by atoms with van der Waals surface area (Å²) in [4.78, 5) is 31.7. The normalized spacial score (nSPS) is 15.5. The van der Waals surface area contributed by atoms with E-state index < -0.39 is 0 Å². The molecular formula is C42H55Cl2N3O4. The summed E-state index contributed by atoms with van der Waals surface area (Å²) in [6.45, 7) is 7.49. The number of carbonyl (C=O) groups excluding carboxylic acids is 2. The van der Waals surface area contributed by atoms with Gasteiger partial charge in [0, 0.05) is 45.1 Å². The van der Waals surface area contributed by atoms with E-state index in [1.807, 2.05) is 36.4 Å². The Morgan fingerprint density at radius 3 is 2.27 bits per heavy atom. The first-order chi connectivity index (χ1) is 25.0. The molecule has 2 aromatic rings. The number of anilines is 2. The molecule has 2 aliphatic rings. The zero-order chi connectivity index (χ0) is 36.1. The highest BCUT2D eigenvalue weighted by atomic mass is 35.5. The first-order valence-corrected chi connectivity index (χ1v) is 19.4. The molecule has 0 atom stereocenters. The van der Waals surface area contributed by atoms with E-state index in [1.54, 1.807) is 4.90 Å². The molecule has 2 aliphatic heterocycles. The van der Waals surface area contributed by atoms with Crippen molar-refractivity contribution < 1.29 is 19.1 Å². The minimum absolute atomic E-state index is 0.0375. The molecule has 2 aromatic carbocycles. The molecule has 0 aliphatic carbocycles. The lowest BCUT2D eigenvalue weighted by molar-refractivity contribution is -0.144. The maximum atomic E-state index is 12.8. The van der Waals surface area contributed by atoms with Crippen molar-refractivity contribution in [1.82, 2.24) is 4.90 Å². The molecule has 0 bridgehead atoms. The molecule has 9 heteroatoms. The minimum atomic E-state index is -0.276. The van der Waals surface area contributed by atoms with Crippen LogP contribution in [0.1, 0.15) is 83.1 Å². The van der Waals surface area contributed by atoms with Crippen LogP contribution in [0, 0.1) is 0 Å². The number of piperazine rings is 1. The number of nitrogens with zero attached hydrogens (tertiary/aromatic N) is 3. The third-order valence-electron chi connectivity index (χ3n) is 9.11. The number of aryl methyl sites for hydroxylation is 1. The summed E-state index contributed by atoms with van der Waals surface area (Å²) in [7, 11) is 0. The summed E-state index contributed by atoms with van der Waals surface area (Å²) in [5.41, 5.74) is 2.84. The number of halogens is 2. The van der Waals surface area contributed by atoms with Crippen LogP contribution in [0.15, 0.2) is 85.0 Å². The number of allylic oxidation sites excluding steroid dienone is 8. The summed E-state index contributed by atoms with van der Waals surface area (Å²) in [6, 6.07) is 11.7. The monoisotopic (exact) mass is 735 g/mol. The first kappa shape index (κ1) is 40.3. The second-order valence-electron chi connectivity index (χ2n) is 13.0. The third-order valence-corrected chi connectivity index (χ3v) is 9.92. The quantitative estimate of drug-likeness (QED) is 0.0723. The van der Waals surface area contributed by atoms with Crippen LogP contribution >= 0.6 is 23.2 Å². The van der Waals surface area contributed by atoms with Crippen LogP contribution in [0.3, 0.4) is 0 Å². The van der Waals surface area contributed by atoms with Gasteiger partial charge in [0.15, 0.2) is 6.73 Å². The Balaban J connectivity index is 1.08. The molecule has 0 radical (unpaired) electrons. The van der Waals surface area contributed by atoms with Gasteiger partial charge < -0.3 is 14.4 Å². The number of hydrogen-bond donors (Lipinski definition) is 0. The minimum Gasteiger partial charge on any atom is -0.494 e. The van der Waals surface area contributed by atoms with E-state index in [9.17, 15) is 9.59 Å². The molecule has 0 saturated carbocycles. The number of rotatable bonds is 21. The van der Waals surface area contributed by atoms with Gasteiger partial charge in [-0.1, -0.05) is 90.9 Å². The Hall–Kier alpha value is -3.52. The number of unbranched alkanes of at least 4 members (excludes halogenated alkanes) is 3. The van der Waals surface area contributed by atoms with Crippen LogP contribution < -0.4 is 14.5 Å². The van der Waals surface area contributed by atoms with Crippen molar-refractivity contribution in [1.29, 1.82) is 0 Å². The Bertz CT molecular complexity index is 1500. The molecule has 2 heterocycles. The average molecular weight is 737 g/mol. The second kappa shape index (κ2) is 23.1. The van der Waals surface area contributed by atoms with Crippen LogP contribution in [0.25, 0.3) is 0 Å². The summed E-state index contributed by atoms with van der Waals surface area (Å²) in [5, 5.41) is 1.22. The second-order valence-corrected chi connectivity index (χ2v) is 13.7. The number of esters is 1. The lowest BCUT2D eigenvalue weighted by atomic mass is 10.0. The molecule has 0 unspecified atom stereocenters. The molecule has 1 amide bonds. The van der Waals surface area contributed by atoms with Gasteiger partial charge in [-0.3, -0.25) is 19.4 Å². The predicted octanol–water partition coefficient (Wildman–Crippen LogP) is 10.1. The number of fused-ring (bicyclic) bond motifs is 1. The van der Waals surface area contributed by atoms with Crippen LogP contribution in [0.4, 0.5) is 11.4 Å². The van der Waals surface area contributed by atoms with Crippen molar-refractivity contribution in [2.24, 2.45) is 0 Å². The molecule has 0 N–H and O–H groups in total. The smallest absolute Gasteiger partial charge is 0.307 e. The summed E-state index contributed by atoms with van der Waals surface area (Å²) in [5.74, 6) is 0.411. The molecule has 1 saturated heterocycles. The molecule has 1 fully saturated rings. The van der Waals surface area contributed by atoms with Crippen molar-refractivity contribution in [3.63, 3.8) is 0 Å². The van der Waals surface area contributed by atoms with Gasteiger partial charge in [0.2, 0.25) is 5.91 Å².